The molecule has 5 heteroatoms. The zero-order valence-electron chi connectivity index (χ0n) is 16.1. The monoisotopic (exact) mass is 392 g/mol. The smallest absolute Gasteiger partial charge is 0.225 e. The van der Waals surface area contributed by atoms with Gasteiger partial charge >= 0.3 is 0 Å². The van der Waals surface area contributed by atoms with E-state index in [1.807, 2.05) is 43.7 Å². The number of piperidine rings is 1. The molecule has 2 aromatic carbocycles. The second kappa shape index (κ2) is 8.61. The first-order chi connectivity index (χ1) is 13.7. The topological polar surface area (TPSA) is 41.0 Å². The number of aromatic nitrogens is 2. The molecule has 0 atom stereocenters. The minimum absolute atomic E-state index is 0.684. The molecule has 1 N–H and O–H groups in total. The summed E-state index contributed by atoms with van der Waals surface area (Å²) in [5, 5.41) is 4.15. The van der Waals surface area contributed by atoms with Crippen LogP contribution in [0.3, 0.4) is 0 Å². The van der Waals surface area contributed by atoms with E-state index >= 15 is 0 Å². The van der Waals surface area contributed by atoms with Gasteiger partial charge in [-0.15, -0.1) is 0 Å². The van der Waals surface area contributed by atoms with E-state index in [2.05, 4.69) is 44.5 Å². The van der Waals surface area contributed by atoms with Crippen molar-refractivity contribution in [1.29, 1.82) is 0 Å². The molecule has 0 amide bonds. The fourth-order valence-electron chi connectivity index (χ4n) is 3.94. The lowest BCUT2D eigenvalue weighted by Gasteiger charge is -2.32. The molecule has 0 saturated carbocycles. The Bertz CT molecular complexity index is 921. The van der Waals surface area contributed by atoms with Gasteiger partial charge in [0.25, 0.3) is 0 Å². The fourth-order valence-corrected chi connectivity index (χ4v) is 4.13. The standard InChI is InChI=1S/C23H25ClN4/c1-25-22-16-19(18-4-2-5-21(24)15-18)6-7-20(22)14-17-8-12-28(13-9-17)23-26-10-3-11-27-23/h2-7,10-11,15-17,25H,8-9,12-14H2,1H3. The molecule has 28 heavy (non-hydrogen) atoms. The normalized spacial score (nSPS) is 14.9. The van der Waals surface area contributed by atoms with Crippen molar-refractivity contribution >= 4 is 23.2 Å². The summed E-state index contributed by atoms with van der Waals surface area (Å²) >= 11 is 6.16. The van der Waals surface area contributed by atoms with Gasteiger partial charge in [-0.2, -0.15) is 0 Å². The highest BCUT2D eigenvalue weighted by Crippen LogP contribution is 2.31. The Morgan fingerprint density at radius 3 is 2.46 bits per heavy atom. The molecule has 0 spiro atoms. The third-order valence-corrected chi connectivity index (χ3v) is 5.73. The lowest BCUT2D eigenvalue weighted by molar-refractivity contribution is 0.401. The van der Waals surface area contributed by atoms with Gasteiger partial charge in [0.1, 0.15) is 0 Å². The van der Waals surface area contributed by atoms with E-state index < -0.39 is 0 Å². The molecule has 2 heterocycles. The zero-order valence-corrected chi connectivity index (χ0v) is 16.9. The fraction of sp³-hybridized carbons (Fsp3) is 0.304. The van der Waals surface area contributed by atoms with Gasteiger partial charge < -0.3 is 10.2 Å². The summed E-state index contributed by atoms with van der Waals surface area (Å²) in [7, 11) is 2.00. The maximum atomic E-state index is 6.16. The highest BCUT2D eigenvalue weighted by atomic mass is 35.5. The van der Waals surface area contributed by atoms with Crippen LogP contribution in [0.4, 0.5) is 11.6 Å². The van der Waals surface area contributed by atoms with Crippen LogP contribution >= 0.6 is 11.6 Å². The van der Waals surface area contributed by atoms with E-state index in [-0.39, 0.29) is 0 Å². The van der Waals surface area contributed by atoms with Gasteiger partial charge in [0.15, 0.2) is 0 Å². The van der Waals surface area contributed by atoms with Crippen LogP contribution in [0, 0.1) is 5.92 Å². The first-order valence-corrected chi connectivity index (χ1v) is 10.2. The predicted octanol–water partition coefficient (Wildman–Crippen LogP) is 5.30. The van der Waals surface area contributed by atoms with Crippen molar-refractivity contribution in [3.63, 3.8) is 0 Å². The van der Waals surface area contributed by atoms with E-state index in [4.69, 9.17) is 11.6 Å². The second-order valence-electron chi connectivity index (χ2n) is 7.32. The molecule has 1 saturated heterocycles. The maximum absolute atomic E-state index is 6.16. The number of rotatable bonds is 5. The molecule has 0 unspecified atom stereocenters. The zero-order chi connectivity index (χ0) is 19.3. The molecular weight excluding hydrogens is 368 g/mol. The summed E-state index contributed by atoms with van der Waals surface area (Å²) in [5.74, 6) is 1.53. The van der Waals surface area contributed by atoms with Crippen LogP contribution in [-0.4, -0.2) is 30.1 Å². The van der Waals surface area contributed by atoms with Crippen molar-refractivity contribution in [2.24, 2.45) is 5.92 Å². The molecule has 1 aliphatic heterocycles. The molecule has 3 aromatic rings. The van der Waals surface area contributed by atoms with Crippen molar-refractivity contribution in [2.45, 2.75) is 19.3 Å². The Hall–Kier alpha value is -2.59. The van der Waals surface area contributed by atoms with E-state index in [9.17, 15) is 0 Å². The van der Waals surface area contributed by atoms with Gasteiger partial charge in [-0.05, 0) is 66.1 Å². The third-order valence-electron chi connectivity index (χ3n) is 5.50. The number of benzene rings is 2. The molecule has 0 aliphatic carbocycles. The van der Waals surface area contributed by atoms with Crippen LogP contribution in [0.1, 0.15) is 18.4 Å². The highest BCUT2D eigenvalue weighted by molar-refractivity contribution is 6.30. The third kappa shape index (κ3) is 4.28. The van der Waals surface area contributed by atoms with Crippen molar-refractivity contribution in [3.8, 4) is 11.1 Å². The second-order valence-corrected chi connectivity index (χ2v) is 7.75. The predicted molar refractivity (Wildman–Crippen MR) is 117 cm³/mol. The van der Waals surface area contributed by atoms with Gasteiger partial charge in [-0.25, -0.2) is 9.97 Å². The number of anilines is 2. The first-order valence-electron chi connectivity index (χ1n) is 9.81. The Balaban J connectivity index is 1.44. The first kappa shape index (κ1) is 18.8. The number of halogens is 1. The Morgan fingerprint density at radius 2 is 1.75 bits per heavy atom. The Kier molecular flexibility index (Phi) is 5.77. The average Bonchev–Trinajstić information content (AvgIpc) is 2.75. The lowest BCUT2D eigenvalue weighted by Crippen LogP contribution is -2.35. The van der Waals surface area contributed by atoms with Crippen LogP contribution < -0.4 is 10.2 Å². The average molecular weight is 393 g/mol. The lowest BCUT2D eigenvalue weighted by atomic mass is 9.89. The van der Waals surface area contributed by atoms with Crippen LogP contribution in [0.25, 0.3) is 11.1 Å². The summed E-state index contributed by atoms with van der Waals surface area (Å²) in [6, 6.07) is 16.6. The molecule has 0 radical (unpaired) electrons. The minimum atomic E-state index is 0.684. The van der Waals surface area contributed by atoms with Gasteiger partial charge in [0.2, 0.25) is 5.95 Å². The van der Waals surface area contributed by atoms with E-state index in [1.54, 1.807) is 0 Å². The molecule has 1 aliphatic rings. The van der Waals surface area contributed by atoms with E-state index in [0.717, 1.165) is 48.9 Å². The van der Waals surface area contributed by atoms with Gasteiger partial charge in [-0.3, -0.25) is 0 Å². The van der Waals surface area contributed by atoms with Crippen LogP contribution in [0.5, 0.6) is 0 Å². The van der Waals surface area contributed by atoms with Gasteiger partial charge in [0, 0.05) is 43.2 Å². The maximum Gasteiger partial charge on any atom is 0.225 e. The SMILES string of the molecule is CNc1cc(-c2cccc(Cl)c2)ccc1CC1CCN(c2ncccn2)CC1. The van der Waals surface area contributed by atoms with Crippen LogP contribution in [-0.2, 0) is 6.42 Å². The number of nitrogens with one attached hydrogen (secondary N) is 1. The molecular formula is C23H25ClN4. The Morgan fingerprint density at radius 1 is 1.00 bits per heavy atom. The summed E-state index contributed by atoms with van der Waals surface area (Å²) < 4.78 is 0. The molecule has 4 nitrogen and oxygen atoms in total. The van der Waals surface area contributed by atoms with Crippen molar-refractivity contribution in [2.75, 3.05) is 30.4 Å². The Labute approximate surface area is 171 Å². The van der Waals surface area contributed by atoms with E-state index in [1.165, 1.54) is 16.8 Å². The summed E-state index contributed by atoms with van der Waals surface area (Å²) in [6.07, 6.45) is 7.05. The number of hydrogen-bond donors (Lipinski definition) is 1. The summed E-state index contributed by atoms with van der Waals surface area (Å²) in [6.45, 7) is 2.04. The van der Waals surface area contributed by atoms with Gasteiger partial charge in [0.05, 0.1) is 0 Å². The number of hydrogen-bond acceptors (Lipinski definition) is 4. The number of nitrogens with zero attached hydrogens (tertiary/aromatic N) is 3. The molecule has 1 aromatic heterocycles. The minimum Gasteiger partial charge on any atom is -0.388 e. The van der Waals surface area contributed by atoms with Crippen LogP contribution in [0.2, 0.25) is 5.02 Å². The van der Waals surface area contributed by atoms with Gasteiger partial charge in [-0.1, -0.05) is 35.9 Å². The van der Waals surface area contributed by atoms with Crippen LogP contribution in [0.15, 0.2) is 60.9 Å². The van der Waals surface area contributed by atoms with Crippen molar-refractivity contribution in [3.05, 3.63) is 71.5 Å². The summed E-state index contributed by atoms with van der Waals surface area (Å²) in [4.78, 5) is 11.0. The van der Waals surface area contributed by atoms with Crippen molar-refractivity contribution in [1.82, 2.24) is 9.97 Å². The summed E-state index contributed by atoms with van der Waals surface area (Å²) in [5.41, 5.74) is 4.91. The largest absolute Gasteiger partial charge is 0.388 e. The van der Waals surface area contributed by atoms with Crippen molar-refractivity contribution < 1.29 is 0 Å². The molecule has 144 valence electrons. The molecule has 4 rings (SSSR count). The quantitative estimate of drug-likeness (QED) is 0.639. The molecule has 1 fully saturated rings. The molecule has 0 bridgehead atoms. The highest BCUT2D eigenvalue weighted by Gasteiger charge is 2.22. The van der Waals surface area contributed by atoms with E-state index in [0.29, 0.717) is 5.92 Å².